The molecule has 1 heteroatoms. The van der Waals surface area contributed by atoms with Crippen LogP contribution in [0.3, 0.4) is 0 Å². The lowest BCUT2D eigenvalue weighted by Gasteiger charge is -2.28. The number of hydrogen-bond acceptors (Lipinski definition) is 1. The van der Waals surface area contributed by atoms with Crippen molar-refractivity contribution < 1.29 is 0 Å². The summed E-state index contributed by atoms with van der Waals surface area (Å²) in [5.74, 6) is 2.72. The van der Waals surface area contributed by atoms with Gasteiger partial charge in [0.1, 0.15) is 0 Å². The van der Waals surface area contributed by atoms with Gasteiger partial charge in [0.25, 0.3) is 0 Å². The zero-order valence-corrected chi connectivity index (χ0v) is 13.6. The molecule has 1 unspecified atom stereocenters. The molecule has 1 saturated carbocycles. The number of nitrogens with one attached hydrogen (secondary N) is 1. The fourth-order valence-corrected chi connectivity index (χ4v) is 4.27. The molecule has 0 heterocycles. The van der Waals surface area contributed by atoms with Gasteiger partial charge in [-0.2, -0.15) is 0 Å². The van der Waals surface area contributed by atoms with Gasteiger partial charge in [-0.25, -0.2) is 0 Å². The molecule has 0 aliphatic heterocycles. The topological polar surface area (TPSA) is 12.0 Å². The summed E-state index contributed by atoms with van der Waals surface area (Å²) in [5.41, 5.74) is 3.21. The summed E-state index contributed by atoms with van der Waals surface area (Å²) in [6, 6.07) is 9.08. The van der Waals surface area contributed by atoms with Crippen LogP contribution >= 0.6 is 0 Å². The van der Waals surface area contributed by atoms with E-state index < -0.39 is 0 Å². The van der Waals surface area contributed by atoms with Crippen LogP contribution in [0.2, 0.25) is 0 Å². The van der Waals surface area contributed by atoms with E-state index in [-0.39, 0.29) is 0 Å². The first-order valence-electron chi connectivity index (χ1n) is 9.11. The second-order valence-corrected chi connectivity index (χ2v) is 7.41. The normalized spacial score (nSPS) is 29.1. The van der Waals surface area contributed by atoms with Crippen LogP contribution in [0.5, 0.6) is 0 Å². The van der Waals surface area contributed by atoms with Crippen molar-refractivity contribution in [1.29, 1.82) is 0 Å². The molecule has 0 spiro atoms. The second kappa shape index (κ2) is 7.45. The van der Waals surface area contributed by atoms with Crippen LogP contribution in [0.1, 0.15) is 68.9 Å². The third kappa shape index (κ3) is 4.10. The fourth-order valence-electron chi connectivity index (χ4n) is 4.27. The Morgan fingerprint density at radius 2 is 1.86 bits per heavy atom. The van der Waals surface area contributed by atoms with Gasteiger partial charge in [0.2, 0.25) is 0 Å². The smallest absolute Gasteiger partial charge is 0.00202 e. The Hall–Kier alpha value is -0.820. The molecule has 1 N–H and O–H groups in total. The first kappa shape index (κ1) is 15.1. The highest BCUT2D eigenvalue weighted by Gasteiger charge is 2.20. The highest BCUT2D eigenvalue weighted by Crippen LogP contribution is 2.32. The molecule has 21 heavy (non-hydrogen) atoms. The van der Waals surface area contributed by atoms with E-state index in [0.29, 0.717) is 0 Å². The van der Waals surface area contributed by atoms with Crippen molar-refractivity contribution in [3.8, 4) is 0 Å². The zero-order valence-electron chi connectivity index (χ0n) is 13.6. The number of fused-ring (bicyclic) bond motifs is 1. The maximum absolute atomic E-state index is 3.75. The van der Waals surface area contributed by atoms with Crippen molar-refractivity contribution in [2.45, 2.75) is 64.2 Å². The van der Waals surface area contributed by atoms with E-state index in [9.17, 15) is 0 Å². The summed E-state index contributed by atoms with van der Waals surface area (Å²) in [6.45, 7) is 4.81. The summed E-state index contributed by atoms with van der Waals surface area (Å²) < 4.78 is 0. The highest BCUT2D eigenvalue weighted by molar-refractivity contribution is 5.32. The summed E-state index contributed by atoms with van der Waals surface area (Å²) >= 11 is 0. The molecule has 1 aromatic rings. The third-order valence-corrected chi connectivity index (χ3v) is 5.75. The van der Waals surface area contributed by atoms with Crippen LogP contribution in [-0.4, -0.2) is 13.1 Å². The summed E-state index contributed by atoms with van der Waals surface area (Å²) in [4.78, 5) is 0. The van der Waals surface area contributed by atoms with E-state index in [2.05, 4.69) is 36.5 Å². The predicted octanol–water partition coefficient (Wildman–Crippen LogP) is 4.91. The molecule has 1 nitrogen and oxygen atoms in total. The molecule has 0 saturated heterocycles. The van der Waals surface area contributed by atoms with E-state index >= 15 is 0 Å². The molecule has 116 valence electrons. The molecule has 1 atom stereocenters. The average molecular weight is 285 g/mol. The van der Waals surface area contributed by atoms with E-state index in [1.807, 2.05) is 0 Å². The second-order valence-electron chi connectivity index (χ2n) is 7.41. The number of rotatable bonds is 5. The molecular formula is C20H31N. The largest absolute Gasteiger partial charge is 0.316 e. The van der Waals surface area contributed by atoms with Crippen molar-refractivity contribution in [3.05, 3.63) is 35.4 Å². The van der Waals surface area contributed by atoms with Gasteiger partial charge < -0.3 is 5.32 Å². The molecule has 2 aliphatic rings. The molecular weight excluding hydrogens is 254 g/mol. The molecule has 0 radical (unpaired) electrons. The monoisotopic (exact) mass is 285 g/mol. The van der Waals surface area contributed by atoms with Gasteiger partial charge in [0, 0.05) is 6.54 Å². The van der Waals surface area contributed by atoms with Crippen molar-refractivity contribution >= 4 is 0 Å². The Morgan fingerprint density at radius 3 is 2.71 bits per heavy atom. The van der Waals surface area contributed by atoms with Crippen LogP contribution in [0.4, 0.5) is 0 Å². The predicted molar refractivity (Wildman–Crippen MR) is 90.7 cm³/mol. The van der Waals surface area contributed by atoms with Crippen LogP contribution in [0, 0.1) is 11.8 Å². The Labute approximate surface area is 130 Å². The number of hydrogen-bond donors (Lipinski definition) is 1. The summed E-state index contributed by atoms with van der Waals surface area (Å²) in [5, 5.41) is 3.75. The Kier molecular flexibility index (Phi) is 5.35. The highest BCUT2D eigenvalue weighted by atomic mass is 14.9. The lowest BCUT2D eigenvalue weighted by molar-refractivity contribution is 0.274. The SMILES string of the molecule is CC1CCC(CCNCC2CCCc3ccccc32)CC1. The minimum absolute atomic E-state index is 0.751. The number of benzene rings is 1. The van der Waals surface area contributed by atoms with Gasteiger partial charge in [-0.1, -0.05) is 56.9 Å². The van der Waals surface area contributed by atoms with Crippen LogP contribution in [-0.2, 0) is 6.42 Å². The maximum atomic E-state index is 3.75. The van der Waals surface area contributed by atoms with Gasteiger partial charge >= 0.3 is 0 Å². The molecule has 3 rings (SSSR count). The van der Waals surface area contributed by atoms with Gasteiger partial charge in [0.15, 0.2) is 0 Å². The first-order chi connectivity index (χ1) is 10.3. The molecule has 0 aromatic heterocycles. The van der Waals surface area contributed by atoms with Gasteiger partial charge in [-0.05, 0) is 61.1 Å². The third-order valence-electron chi connectivity index (χ3n) is 5.75. The van der Waals surface area contributed by atoms with E-state index in [1.165, 1.54) is 64.5 Å². The van der Waals surface area contributed by atoms with Crippen LogP contribution in [0.15, 0.2) is 24.3 Å². The summed E-state index contributed by atoms with van der Waals surface area (Å²) in [6.07, 6.45) is 11.3. The zero-order chi connectivity index (χ0) is 14.5. The van der Waals surface area contributed by atoms with E-state index in [4.69, 9.17) is 0 Å². The van der Waals surface area contributed by atoms with Gasteiger partial charge in [-0.3, -0.25) is 0 Å². The van der Waals surface area contributed by atoms with Gasteiger partial charge in [-0.15, -0.1) is 0 Å². The lowest BCUT2D eigenvalue weighted by atomic mass is 9.81. The van der Waals surface area contributed by atoms with E-state index in [1.54, 1.807) is 11.1 Å². The molecule has 1 aromatic carbocycles. The molecule has 0 bridgehead atoms. The first-order valence-corrected chi connectivity index (χ1v) is 9.11. The van der Waals surface area contributed by atoms with Crippen LogP contribution < -0.4 is 5.32 Å². The quantitative estimate of drug-likeness (QED) is 0.758. The Morgan fingerprint density at radius 1 is 1.05 bits per heavy atom. The van der Waals surface area contributed by atoms with Crippen molar-refractivity contribution in [3.63, 3.8) is 0 Å². The Balaban J connectivity index is 1.40. The summed E-state index contributed by atoms with van der Waals surface area (Å²) in [7, 11) is 0. The van der Waals surface area contributed by atoms with Crippen LogP contribution in [0.25, 0.3) is 0 Å². The van der Waals surface area contributed by atoms with Crippen molar-refractivity contribution in [2.75, 3.05) is 13.1 Å². The molecule has 2 aliphatic carbocycles. The lowest BCUT2D eigenvalue weighted by Crippen LogP contribution is -2.27. The van der Waals surface area contributed by atoms with Crippen molar-refractivity contribution in [1.82, 2.24) is 5.32 Å². The standard InChI is InChI=1S/C20H31N/c1-16-9-11-17(12-10-16)13-14-21-15-19-7-4-6-18-5-2-3-8-20(18)19/h2-3,5,8,16-17,19,21H,4,6-7,9-15H2,1H3. The average Bonchev–Trinajstić information content (AvgIpc) is 2.53. The maximum Gasteiger partial charge on any atom is 0.00202 e. The minimum Gasteiger partial charge on any atom is -0.316 e. The van der Waals surface area contributed by atoms with Gasteiger partial charge in [0.05, 0.1) is 0 Å². The van der Waals surface area contributed by atoms with E-state index in [0.717, 1.165) is 17.8 Å². The van der Waals surface area contributed by atoms with Crippen molar-refractivity contribution in [2.24, 2.45) is 11.8 Å². The molecule has 0 amide bonds. The number of aryl methyl sites for hydroxylation is 1. The minimum atomic E-state index is 0.751. The molecule has 1 fully saturated rings. The Bertz CT molecular complexity index is 431. The fraction of sp³-hybridized carbons (Fsp3) is 0.700.